The van der Waals surface area contributed by atoms with E-state index in [-0.39, 0.29) is 23.4 Å². The SMILES string of the molecule is CC(C)(C)c1nc(CN(Cc2ccc(N)cc2)S(=O)(=O)c2ccc(Cl)cc2)no1. The molecule has 9 heteroatoms. The Morgan fingerprint density at radius 3 is 2.21 bits per heavy atom. The Morgan fingerprint density at radius 1 is 1.03 bits per heavy atom. The van der Waals surface area contributed by atoms with Crippen LogP contribution in [0.5, 0.6) is 0 Å². The molecule has 0 bridgehead atoms. The molecule has 29 heavy (non-hydrogen) atoms. The molecular formula is C20H23ClN4O3S. The van der Waals surface area contributed by atoms with Gasteiger partial charge in [0.1, 0.15) is 0 Å². The number of hydrogen-bond donors (Lipinski definition) is 1. The fraction of sp³-hybridized carbons (Fsp3) is 0.300. The smallest absolute Gasteiger partial charge is 0.243 e. The van der Waals surface area contributed by atoms with Crippen molar-refractivity contribution >= 4 is 27.3 Å². The van der Waals surface area contributed by atoms with E-state index in [0.717, 1.165) is 5.56 Å². The van der Waals surface area contributed by atoms with E-state index in [9.17, 15) is 8.42 Å². The highest BCUT2D eigenvalue weighted by atomic mass is 35.5. The summed E-state index contributed by atoms with van der Waals surface area (Å²) in [6, 6.07) is 13.1. The van der Waals surface area contributed by atoms with Crippen molar-refractivity contribution < 1.29 is 12.9 Å². The quantitative estimate of drug-likeness (QED) is 0.588. The van der Waals surface area contributed by atoms with Gasteiger partial charge in [0.15, 0.2) is 5.82 Å². The first-order valence-electron chi connectivity index (χ1n) is 8.99. The monoisotopic (exact) mass is 434 g/mol. The van der Waals surface area contributed by atoms with E-state index in [1.165, 1.54) is 16.4 Å². The van der Waals surface area contributed by atoms with Crippen molar-refractivity contribution in [3.8, 4) is 0 Å². The van der Waals surface area contributed by atoms with Crippen LogP contribution in [0.2, 0.25) is 5.02 Å². The number of nitrogens with two attached hydrogens (primary N) is 1. The Bertz CT molecular complexity index is 1070. The summed E-state index contributed by atoms with van der Waals surface area (Å²) in [5.74, 6) is 0.742. The van der Waals surface area contributed by atoms with Gasteiger partial charge in [0.2, 0.25) is 15.9 Å². The van der Waals surface area contributed by atoms with Crippen molar-refractivity contribution in [2.45, 2.75) is 44.2 Å². The molecule has 3 aromatic rings. The molecular weight excluding hydrogens is 412 g/mol. The lowest BCUT2D eigenvalue weighted by atomic mass is 9.97. The van der Waals surface area contributed by atoms with Crippen LogP contribution in [-0.4, -0.2) is 22.9 Å². The van der Waals surface area contributed by atoms with Gasteiger partial charge < -0.3 is 10.3 Å². The molecule has 0 saturated carbocycles. The van der Waals surface area contributed by atoms with Crippen molar-refractivity contribution in [2.24, 2.45) is 0 Å². The molecule has 2 aromatic carbocycles. The molecule has 3 rings (SSSR count). The number of benzene rings is 2. The molecule has 0 spiro atoms. The third-order valence-corrected chi connectivity index (χ3v) is 6.28. The van der Waals surface area contributed by atoms with Gasteiger partial charge in [-0.05, 0) is 42.0 Å². The minimum Gasteiger partial charge on any atom is -0.399 e. The van der Waals surface area contributed by atoms with Crippen LogP contribution in [-0.2, 0) is 28.5 Å². The average Bonchev–Trinajstić information content (AvgIpc) is 3.12. The second kappa shape index (κ2) is 8.14. The molecule has 0 atom stereocenters. The van der Waals surface area contributed by atoms with E-state index in [1.54, 1.807) is 36.4 Å². The van der Waals surface area contributed by atoms with Crippen LogP contribution in [0.3, 0.4) is 0 Å². The Hall–Kier alpha value is -2.42. The van der Waals surface area contributed by atoms with E-state index < -0.39 is 10.0 Å². The van der Waals surface area contributed by atoms with Crippen molar-refractivity contribution in [3.63, 3.8) is 0 Å². The van der Waals surface area contributed by atoms with Gasteiger partial charge >= 0.3 is 0 Å². The topological polar surface area (TPSA) is 102 Å². The fourth-order valence-electron chi connectivity index (χ4n) is 2.59. The van der Waals surface area contributed by atoms with Crippen LogP contribution in [0.1, 0.15) is 38.0 Å². The molecule has 0 aliphatic rings. The second-order valence-electron chi connectivity index (χ2n) is 7.73. The highest BCUT2D eigenvalue weighted by Crippen LogP contribution is 2.24. The van der Waals surface area contributed by atoms with Crippen LogP contribution in [0.15, 0.2) is 57.9 Å². The lowest BCUT2D eigenvalue weighted by Gasteiger charge is -2.21. The standard InChI is InChI=1S/C20H23ClN4O3S/c1-20(2,3)19-23-18(24-28-19)13-25(12-14-4-8-16(22)9-5-14)29(26,27)17-10-6-15(21)7-11-17/h4-11H,12-13,22H2,1-3H3. The molecule has 154 valence electrons. The van der Waals surface area contributed by atoms with E-state index >= 15 is 0 Å². The second-order valence-corrected chi connectivity index (χ2v) is 10.1. The lowest BCUT2D eigenvalue weighted by Crippen LogP contribution is -2.30. The zero-order chi connectivity index (χ0) is 21.2. The van der Waals surface area contributed by atoms with Gasteiger partial charge in [-0.15, -0.1) is 0 Å². The molecule has 2 N–H and O–H groups in total. The largest absolute Gasteiger partial charge is 0.399 e. The molecule has 1 heterocycles. The Balaban J connectivity index is 1.95. The van der Waals surface area contributed by atoms with Crippen LogP contribution < -0.4 is 5.73 Å². The number of rotatable bonds is 6. The fourth-order valence-corrected chi connectivity index (χ4v) is 4.10. The maximum atomic E-state index is 13.3. The minimum atomic E-state index is -3.83. The maximum Gasteiger partial charge on any atom is 0.243 e. The molecule has 0 unspecified atom stereocenters. The molecule has 0 amide bonds. The van der Waals surface area contributed by atoms with Gasteiger partial charge in [-0.3, -0.25) is 0 Å². The van der Waals surface area contributed by atoms with Crippen LogP contribution in [0.4, 0.5) is 5.69 Å². The van der Waals surface area contributed by atoms with Crippen LogP contribution in [0.25, 0.3) is 0 Å². The molecule has 1 aromatic heterocycles. The van der Waals surface area contributed by atoms with Gasteiger partial charge in [-0.25, -0.2) is 8.42 Å². The Morgan fingerprint density at radius 2 is 1.66 bits per heavy atom. The summed E-state index contributed by atoms with van der Waals surface area (Å²) in [6.45, 7) is 5.93. The zero-order valence-corrected chi connectivity index (χ0v) is 18.0. The predicted octanol–water partition coefficient (Wildman–Crippen LogP) is 3.99. The number of aromatic nitrogens is 2. The number of nitrogens with zero attached hydrogens (tertiary/aromatic N) is 3. The number of anilines is 1. The molecule has 0 radical (unpaired) electrons. The summed E-state index contributed by atoms with van der Waals surface area (Å²) in [4.78, 5) is 4.51. The minimum absolute atomic E-state index is 0.0328. The number of halogens is 1. The van der Waals surface area contributed by atoms with E-state index in [0.29, 0.717) is 22.4 Å². The first kappa shape index (κ1) is 21.3. The average molecular weight is 435 g/mol. The number of nitrogen functional groups attached to an aromatic ring is 1. The molecule has 0 aliphatic heterocycles. The Labute approximate surface area is 175 Å². The zero-order valence-electron chi connectivity index (χ0n) is 16.5. The van der Waals surface area contributed by atoms with Gasteiger partial charge in [-0.1, -0.05) is 49.7 Å². The number of sulfonamides is 1. The predicted molar refractivity (Wildman–Crippen MR) is 112 cm³/mol. The summed E-state index contributed by atoms with van der Waals surface area (Å²) in [6.07, 6.45) is 0. The molecule has 0 fully saturated rings. The van der Waals surface area contributed by atoms with E-state index in [1.807, 2.05) is 20.8 Å². The van der Waals surface area contributed by atoms with Gasteiger partial charge in [0, 0.05) is 22.7 Å². The first-order chi connectivity index (χ1) is 13.6. The third-order valence-electron chi connectivity index (χ3n) is 4.22. The molecule has 7 nitrogen and oxygen atoms in total. The van der Waals surface area contributed by atoms with E-state index in [2.05, 4.69) is 10.1 Å². The normalized spacial score (nSPS) is 12.4. The van der Waals surface area contributed by atoms with Gasteiger partial charge in [0.25, 0.3) is 0 Å². The summed E-state index contributed by atoms with van der Waals surface area (Å²) < 4.78 is 33.2. The van der Waals surface area contributed by atoms with Crippen molar-refractivity contribution in [3.05, 3.63) is 70.8 Å². The molecule has 0 saturated heterocycles. The van der Waals surface area contributed by atoms with Crippen LogP contribution in [0, 0.1) is 0 Å². The molecule has 0 aliphatic carbocycles. The summed E-state index contributed by atoms with van der Waals surface area (Å²) in [7, 11) is -3.83. The highest BCUT2D eigenvalue weighted by molar-refractivity contribution is 7.89. The van der Waals surface area contributed by atoms with Crippen LogP contribution >= 0.6 is 11.6 Å². The summed E-state index contributed by atoms with van der Waals surface area (Å²) in [5, 5.41) is 4.43. The maximum absolute atomic E-state index is 13.3. The number of hydrogen-bond acceptors (Lipinski definition) is 6. The summed E-state index contributed by atoms with van der Waals surface area (Å²) in [5.41, 5.74) is 6.80. The van der Waals surface area contributed by atoms with E-state index in [4.69, 9.17) is 21.9 Å². The van der Waals surface area contributed by atoms with Crippen molar-refractivity contribution in [1.29, 1.82) is 0 Å². The van der Waals surface area contributed by atoms with Crippen molar-refractivity contribution in [1.82, 2.24) is 14.4 Å². The lowest BCUT2D eigenvalue weighted by molar-refractivity contribution is 0.313. The van der Waals surface area contributed by atoms with Crippen molar-refractivity contribution in [2.75, 3.05) is 5.73 Å². The van der Waals surface area contributed by atoms with Gasteiger partial charge in [0.05, 0.1) is 11.4 Å². The first-order valence-corrected chi connectivity index (χ1v) is 10.8. The summed E-state index contributed by atoms with van der Waals surface area (Å²) >= 11 is 5.91. The Kier molecular flexibility index (Phi) is 5.97. The third kappa shape index (κ3) is 5.14. The highest BCUT2D eigenvalue weighted by Gasteiger charge is 2.28. The van der Waals surface area contributed by atoms with Gasteiger partial charge in [-0.2, -0.15) is 9.29 Å².